The van der Waals surface area contributed by atoms with Crippen LogP contribution in [0.2, 0.25) is 5.02 Å². The number of rotatable bonds is 4. The SMILES string of the molecule is COc1ccc(C(C)(N)CO)c(Cl)c1OC. The molecule has 4 nitrogen and oxygen atoms in total. The van der Waals surface area contributed by atoms with Crippen molar-refractivity contribution in [1.29, 1.82) is 0 Å². The van der Waals surface area contributed by atoms with Gasteiger partial charge in [0.15, 0.2) is 11.5 Å². The highest BCUT2D eigenvalue weighted by Gasteiger charge is 2.26. The summed E-state index contributed by atoms with van der Waals surface area (Å²) in [5.74, 6) is 0.955. The predicted octanol–water partition coefficient (Wildman–Crippen LogP) is 1.52. The molecule has 0 bridgehead atoms. The van der Waals surface area contributed by atoms with Gasteiger partial charge in [0.2, 0.25) is 0 Å². The van der Waals surface area contributed by atoms with Crippen LogP contribution >= 0.6 is 11.6 Å². The number of ether oxygens (including phenoxy) is 2. The third-order valence-corrected chi connectivity index (χ3v) is 2.80. The van der Waals surface area contributed by atoms with E-state index in [4.69, 9.17) is 26.8 Å². The Kier molecular flexibility index (Phi) is 4.02. The van der Waals surface area contributed by atoms with Gasteiger partial charge >= 0.3 is 0 Å². The van der Waals surface area contributed by atoms with Crippen LogP contribution < -0.4 is 15.2 Å². The Hall–Kier alpha value is -0.970. The normalized spacial score (nSPS) is 14.4. The lowest BCUT2D eigenvalue weighted by Gasteiger charge is -2.25. The number of aliphatic hydroxyl groups excluding tert-OH is 1. The highest BCUT2D eigenvalue weighted by molar-refractivity contribution is 6.33. The molecular weight excluding hydrogens is 230 g/mol. The Labute approximate surface area is 99.9 Å². The summed E-state index contributed by atoms with van der Waals surface area (Å²) in [5.41, 5.74) is 5.64. The van der Waals surface area contributed by atoms with Gasteiger partial charge < -0.3 is 20.3 Å². The van der Waals surface area contributed by atoms with E-state index in [1.54, 1.807) is 19.1 Å². The molecule has 0 saturated heterocycles. The maximum atomic E-state index is 9.21. The molecule has 0 saturated carbocycles. The molecule has 5 heteroatoms. The first kappa shape index (κ1) is 13.1. The zero-order chi connectivity index (χ0) is 12.3. The van der Waals surface area contributed by atoms with E-state index < -0.39 is 5.54 Å². The molecule has 1 rings (SSSR count). The van der Waals surface area contributed by atoms with Crippen LogP contribution in [0.15, 0.2) is 12.1 Å². The molecule has 0 heterocycles. The fourth-order valence-electron chi connectivity index (χ4n) is 1.42. The second-order valence-corrected chi connectivity index (χ2v) is 4.12. The largest absolute Gasteiger partial charge is 0.493 e. The Bertz CT molecular complexity index is 380. The van der Waals surface area contributed by atoms with Crippen LogP contribution in [0.4, 0.5) is 0 Å². The van der Waals surface area contributed by atoms with Gasteiger partial charge in [-0.05, 0) is 18.6 Å². The van der Waals surface area contributed by atoms with Crippen LogP contribution in [0.1, 0.15) is 12.5 Å². The van der Waals surface area contributed by atoms with Gasteiger partial charge in [-0.3, -0.25) is 0 Å². The second-order valence-electron chi connectivity index (χ2n) is 3.74. The molecule has 0 radical (unpaired) electrons. The van der Waals surface area contributed by atoms with Crippen LogP contribution in [0.25, 0.3) is 0 Å². The third-order valence-electron chi connectivity index (χ3n) is 2.43. The summed E-state index contributed by atoms with van der Waals surface area (Å²) in [7, 11) is 3.03. The smallest absolute Gasteiger partial charge is 0.179 e. The minimum atomic E-state index is -0.906. The first-order valence-corrected chi connectivity index (χ1v) is 5.16. The lowest BCUT2D eigenvalue weighted by molar-refractivity contribution is 0.209. The third kappa shape index (κ3) is 2.24. The molecule has 90 valence electrons. The molecule has 16 heavy (non-hydrogen) atoms. The van der Waals surface area contributed by atoms with E-state index in [9.17, 15) is 5.11 Å². The molecule has 0 aliphatic rings. The maximum absolute atomic E-state index is 9.21. The van der Waals surface area contributed by atoms with Gasteiger partial charge in [-0.2, -0.15) is 0 Å². The number of methoxy groups -OCH3 is 2. The number of benzene rings is 1. The molecule has 0 aromatic heterocycles. The minimum absolute atomic E-state index is 0.206. The molecular formula is C11H16ClNO3. The maximum Gasteiger partial charge on any atom is 0.179 e. The minimum Gasteiger partial charge on any atom is -0.493 e. The van der Waals surface area contributed by atoms with Crippen molar-refractivity contribution in [2.24, 2.45) is 5.73 Å². The molecule has 3 N–H and O–H groups in total. The van der Waals surface area contributed by atoms with Crippen LogP contribution in [-0.4, -0.2) is 25.9 Å². The molecule has 1 unspecified atom stereocenters. The average molecular weight is 246 g/mol. The van der Waals surface area contributed by atoms with Gasteiger partial charge in [-0.25, -0.2) is 0 Å². The molecule has 1 aromatic carbocycles. The van der Waals surface area contributed by atoms with E-state index in [2.05, 4.69) is 0 Å². The number of aliphatic hydroxyl groups is 1. The Morgan fingerprint density at radius 1 is 1.38 bits per heavy atom. The van der Waals surface area contributed by atoms with E-state index >= 15 is 0 Å². The quantitative estimate of drug-likeness (QED) is 0.844. The standard InChI is InChI=1S/C11H16ClNO3/c1-11(13,6-14)7-4-5-8(15-2)10(16-3)9(7)12/h4-5,14H,6,13H2,1-3H3. The fourth-order valence-corrected chi connectivity index (χ4v) is 1.86. The number of hydrogen-bond donors (Lipinski definition) is 2. The topological polar surface area (TPSA) is 64.7 Å². The molecule has 0 aliphatic heterocycles. The average Bonchev–Trinajstić information content (AvgIpc) is 2.28. The highest BCUT2D eigenvalue weighted by Crippen LogP contribution is 2.40. The summed E-state index contributed by atoms with van der Waals surface area (Å²) in [5, 5.41) is 9.57. The highest BCUT2D eigenvalue weighted by atomic mass is 35.5. The lowest BCUT2D eigenvalue weighted by Crippen LogP contribution is -2.37. The van der Waals surface area contributed by atoms with Crippen molar-refractivity contribution in [2.75, 3.05) is 20.8 Å². The van der Waals surface area contributed by atoms with Gasteiger partial charge in [-0.1, -0.05) is 17.7 Å². The fraction of sp³-hybridized carbons (Fsp3) is 0.455. The van der Waals surface area contributed by atoms with Crippen molar-refractivity contribution in [1.82, 2.24) is 0 Å². The van der Waals surface area contributed by atoms with Crippen molar-refractivity contribution in [3.05, 3.63) is 22.7 Å². The van der Waals surface area contributed by atoms with E-state index in [-0.39, 0.29) is 6.61 Å². The summed E-state index contributed by atoms with van der Waals surface area (Å²) < 4.78 is 10.3. The van der Waals surface area contributed by atoms with Crippen LogP contribution in [0.3, 0.4) is 0 Å². The van der Waals surface area contributed by atoms with Gasteiger partial charge in [0, 0.05) is 0 Å². The van der Waals surface area contributed by atoms with E-state index in [1.165, 1.54) is 14.2 Å². The van der Waals surface area contributed by atoms with Crippen molar-refractivity contribution < 1.29 is 14.6 Å². The van der Waals surface area contributed by atoms with E-state index in [0.717, 1.165) is 0 Å². The lowest BCUT2D eigenvalue weighted by atomic mass is 9.94. The first-order valence-electron chi connectivity index (χ1n) is 4.78. The molecule has 1 aromatic rings. The molecule has 0 fully saturated rings. The number of nitrogens with two attached hydrogens (primary N) is 1. The van der Waals surface area contributed by atoms with Gasteiger partial charge in [0.05, 0.1) is 31.4 Å². The van der Waals surface area contributed by atoms with Crippen LogP contribution in [0, 0.1) is 0 Å². The number of halogens is 1. The zero-order valence-corrected chi connectivity index (χ0v) is 10.3. The number of hydrogen-bond acceptors (Lipinski definition) is 4. The van der Waals surface area contributed by atoms with E-state index in [1.807, 2.05) is 0 Å². The zero-order valence-electron chi connectivity index (χ0n) is 9.58. The summed E-state index contributed by atoms with van der Waals surface area (Å²) in [6, 6.07) is 3.43. The van der Waals surface area contributed by atoms with Gasteiger partial charge in [-0.15, -0.1) is 0 Å². The summed E-state index contributed by atoms with van der Waals surface area (Å²) in [6.07, 6.45) is 0. The molecule has 1 atom stereocenters. The Morgan fingerprint density at radius 3 is 2.44 bits per heavy atom. The van der Waals surface area contributed by atoms with Crippen molar-refractivity contribution in [3.63, 3.8) is 0 Å². The summed E-state index contributed by atoms with van der Waals surface area (Å²) >= 11 is 6.16. The Morgan fingerprint density at radius 2 is 2.00 bits per heavy atom. The van der Waals surface area contributed by atoms with Crippen LogP contribution in [-0.2, 0) is 5.54 Å². The van der Waals surface area contributed by atoms with Crippen molar-refractivity contribution in [2.45, 2.75) is 12.5 Å². The second kappa shape index (κ2) is 4.91. The first-order chi connectivity index (χ1) is 7.47. The van der Waals surface area contributed by atoms with Gasteiger partial charge in [0.1, 0.15) is 0 Å². The predicted molar refractivity (Wildman–Crippen MR) is 63.2 cm³/mol. The van der Waals surface area contributed by atoms with E-state index in [0.29, 0.717) is 22.1 Å². The van der Waals surface area contributed by atoms with Crippen molar-refractivity contribution in [3.8, 4) is 11.5 Å². The van der Waals surface area contributed by atoms with Gasteiger partial charge in [0.25, 0.3) is 0 Å². The molecule has 0 aliphatic carbocycles. The molecule has 0 amide bonds. The monoisotopic (exact) mass is 245 g/mol. The van der Waals surface area contributed by atoms with Crippen molar-refractivity contribution >= 4 is 11.6 Å². The summed E-state index contributed by atoms with van der Waals surface area (Å²) in [4.78, 5) is 0. The van der Waals surface area contributed by atoms with Crippen LogP contribution in [0.5, 0.6) is 11.5 Å². The molecule has 0 spiro atoms. The summed E-state index contributed by atoms with van der Waals surface area (Å²) in [6.45, 7) is 1.49. The Balaban J connectivity index is 3.35.